The highest BCUT2D eigenvalue weighted by atomic mass is 32.1. The van der Waals surface area contributed by atoms with Gasteiger partial charge in [-0.1, -0.05) is 166 Å². The van der Waals surface area contributed by atoms with E-state index < -0.39 is 0 Å². The van der Waals surface area contributed by atoms with Gasteiger partial charge in [-0.25, -0.2) is 4.98 Å². The molecule has 12 aromatic rings. The summed E-state index contributed by atoms with van der Waals surface area (Å²) in [5, 5.41) is 9.79. The predicted molar refractivity (Wildman–Crippen MR) is 258 cm³/mol. The Labute approximate surface area is 357 Å². The number of thiophene rings is 1. The van der Waals surface area contributed by atoms with E-state index in [4.69, 9.17) is 15.0 Å². The summed E-state index contributed by atoms with van der Waals surface area (Å²) in [5.41, 5.74) is 8.33. The second-order valence-electron chi connectivity index (χ2n) is 15.4. The van der Waals surface area contributed by atoms with Gasteiger partial charge in [0.2, 0.25) is 5.95 Å². The Bertz CT molecular complexity index is 3570. The van der Waals surface area contributed by atoms with Crippen molar-refractivity contribution in [1.29, 1.82) is 0 Å². The quantitative estimate of drug-likeness (QED) is 0.174. The van der Waals surface area contributed by atoms with Gasteiger partial charge in [0, 0.05) is 60.0 Å². The summed E-state index contributed by atoms with van der Waals surface area (Å²) in [6, 6.07) is 62.5. The van der Waals surface area contributed by atoms with E-state index in [1.165, 1.54) is 42.8 Å². The second-order valence-corrected chi connectivity index (χ2v) is 16.5. The molecule has 0 saturated heterocycles. The number of hydrogen-bond donors (Lipinski definition) is 0. The van der Waals surface area contributed by atoms with Gasteiger partial charge >= 0.3 is 0 Å². The van der Waals surface area contributed by atoms with Crippen molar-refractivity contribution in [3.8, 4) is 51.0 Å². The number of aromatic nitrogens is 5. The molecule has 0 amide bonds. The molecule has 4 aromatic heterocycles. The Morgan fingerprint density at radius 1 is 0.459 bits per heavy atom. The van der Waals surface area contributed by atoms with Gasteiger partial charge in [0.15, 0.2) is 11.6 Å². The number of nitrogens with zero attached hydrogens (tertiary/aromatic N) is 5. The minimum absolute atomic E-state index is 0.567. The maximum absolute atomic E-state index is 5.33. The third-order valence-electron chi connectivity index (χ3n) is 11.3. The molecule has 4 heterocycles. The topological polar surface area (TPSA) is 56.5 Å². The molecule has 0 N–H and O–H groups in total. The van der Waals surface area contributed by atoms with Crippen molar-refractivity contribution in [2.75, 3.05) is 0 Å². The monoisotopic (exact) mass is 801 g/mol. The number of fused-ring (bicyclic) bond motifs is 9. The first-order valence-electron chi connectivity index (χ1n) is 20.8. The summed E-state index contributed by atoms with van der Waals surface area (Å²) in [4.78, 5) is 20.1. The van der Waals surface area contributed by atoms with E-state index in [0.29, 0.717) is 17.6 Å². The summed E-state index contributed by atoms with van der Waals surface area (Å²) >= 11 is 1.85. The first kappa shape index (κ1) is 36.5. The highest BCUT2D eigenvalue weighted by molar-refractivity contribution is 7.26. The van der Waals surface area contributed by atoms with E-state index in [1.54, 1.807) is 6.20 Å². The van der Waals surface area contributed by atoms with E-state index in [-0.39, 0.29) is 0 Å². The summed E-state index contributed by atoms with van der Waals surface area (Å²) in [7, 11) is 0. The Hall–Kier alpha value is -7.54. The number of pyridine rings is 1. The van der Waals surface area contributed by atoms with E-state index >= 15 is 0 Å². The molecule has 0 fully saturated rings. The normalized spacial score (nSPS) is 11.5. The molecule has 0 aliphatic carbocycles. The first-order chi connectivity index (χ1) is 30.1. The molecule has 0 unspecified atom stereocenters. The molecule has 0 radical (unpaired) electrons. The van der Waals surface area contributed by atoms with Crippen LogP contribution >= 0.6 is 11.3 Å². The summed E-state index contributed by atoms with van der Waals surface area (Å²) in [6.45, 7) is 4.25. The van der Waals surface area contributed by atoms with E-state index in [0.717, 1.165) is 60.6 Å². The molecule has 0 atom stereocenters. The third-order valence-corrected chi connectivity index (χ3v) is 12.4. The molecule has 290 valence electrons. The van der Waals surface area contributed by atoms with Gasteiger partial charge in [-0.05, 0) is 68.6 Å². The number of benzene rings is 8. The van der Waals surface area contributed by atoms with E-state index in [2.05, 4.69) is 175 Å². The largest absolute Gasteiger partial charge is 0.277 e. The Morgan fingerprint density at radius 3 is 1.89 bits per heavy atom. The van der Waals surface area contributed by atoms with Gasteiger partial charge in [-0.3, -0.25) is 9.55 Å². The zero-order chi connectivity index (χ0) is 40.9. The van der Waals surface area contributed by atoms with Crippen LogP contribution in [0.4, 0.5) is 0 Å². The molecule has 0 bridgehead atoms. The van der Waals surface area contributed by atoms with Gasteiger partial charge in [-0.2, -0.15) is 9.97 Å². The van der Waals surface area contributed by atoms with Crippen LogP contribution < -0.4 is 0 Å². The molecule has 0 aliphatic heterocycles. The van der Waals surface area contributed by atoms with Crippen LogP contribution in [0.25, 0.3) is 115 Å². The van der Waals surface area contributed by atoms with Crippen LogP contribution in [0, 0.1) is 0 Å². The lowest BCUT2D eigenvalue weighted by Gasteiger charge is -2.13. The van der Waals surface area contributed by atoms with Crippen LogP contribution in [0.2, 0.25) is 0 Å². The number of hydrogen-bond acceptors (Lipinski definition) is 5. The Morgan fingerprint density at radius 2 is 1.11 bits per heavy atom. The van der Waals surface area contributed by atoms with E-state index in [1.807, 2.05) is 41.8 Å². The van der Waals surface area contributed by atoms with Crippen LogP contribution in [0.1, 0.15) is 20.3 Å². The summed E-state index contributed by atoms with van der Waals surface area (Å²) < 4.78 is 4.82. The van der Waals surface area contributed by atoms with Crippen molar-refractivity contribution in [1.82, 2.24) is 24.5 Å². The molecule has 12 rings (SSSR count). The first-order valence-corrected chi connectivity index (χ1v) is 21.6. The molecule has 8 aromatic carbocycles. The van der Waals surface area contributed by atoms with Crippen molar-refractivity contribution in [3.05, 3.63) is 188 Å². The third kappa shape index (κ3) is 6.40. The fourth-order valence-electron chi connectivity index (χ4n) is 8.56. The molecule has 0 spiro atoms. The summed E-state index contributed by atoms with van der Waals surface area (Å²) in [5.74, 6) is 1.79. The SMILES string of the molecule is CCC.c1ccc(-c2nc(-c3ccc(-c4cccnc4)cc3)nc(-n3c4cc5ccccc5cc4c4cccc(-c5ccc6c(c5)sc5ccc7ccccc7c56)c43)n2)cc1. The maximum Gasteiger partial charge on any atom is 0.238 e. The van der Waals surface area contributed by atoms with Crippen molar-refractivity contribution in [2.45, 2.75) is 20.3 Å². The van der Waals surface area contributed by atoms with Crippen LogP contribution in [-0.2, 0) is 0 Å². The average molecular weight is 802 g/mol. The second kappa shape index (κ2) is 15.2. The number of rotatable bonds is 5. The van der Waals surface area contributed by atoms with Crippen LogP contribution in [0.15, 0.2) is 188 Å². The minimum Gasteiger partial charge on any atom is -0.277 e. The predicted octanol–water partition coefficient (Wildman–Crippen LogP) is 15.1. The standard InChI is InChI=1S/C52H31N5S.C3H8/c1-2-11-34(12-3-1)50-54-51(35-21-19-32(20-22-35)39-15-9-27-53-31-39)56-52(55-50)57-45-29-37-14-5-4-13-36(37)28-44(45)42-18-8-17-41(49(42)57)38-23-25-43-47(30-38)58-46-26-24-33-10-6-7-16-40(33)48(43)46;1-3-2/h1-31H;3H2,1-2H3. The fourth-order valence-corrected chi connectivity index (χ4v) is 9.72. The lowest BCUT2D eigenvalue weighted by Crippen LogP contribution is -2.07. The number of para-hydroxylation sites is 1. The molecule has 61 heavy (non-hydrogen) atoms. The molecular formula is C55H39N5S. The van der Waals surface area contributed by atoms with Crippen molar-refractivity contribution in [2.24, 2.45) is 0 Å². The van der Waals surface area contributed by atoms with Crippen molar-refractivity contribution >= 4 is 74.9 Å². The summed E-state index contributed by atoms with van der Waals surface area (Å²) in [6.07, 6.45) is 4.93. The van der Waals surface area contributed by atoms with Gasteiger partial charge < -0.3 is 0 Å². The lowest BCUT2D eigenvalue weighted by atomic mass is 9.99. The lowest BCUT2D eigenvalue weighted by molar-refractivity contribution is 0.954. The molecular weight excluding hydrogens is 763 g/mol. The highest BCUT2D eigenvalue weighted by Crippen LogP contribution is 2.43. The average Bonchev–Trinajstić information content (AvgIpc) is 3.87. The van der Waals surface area contributed by atoms with Crippen molar-refractivity contribution in [3.63, 3.8) is 0 Å². The smallest absolute Gasteiger partial charge is 0.238 e. The molecule has 0 aliphatic rings. The van der Waals surface area contributed by atoms with Crippen LogP contribution in [0.5, 0.6) is 0 Å². The molecule has 6 heteroatoms. The fraction of sp³-hybridized carbons (Fsp3) is 0.0545. The van der Waals surface area contributed by atoms with Crippen LogP contribution in [-0.4, -0.2) is 24.5 Å². The maximum atomic E-state index is 5.33. The Balaban J connectivity index is 0.00000136. The van der Waals surface area contributed by atoms with Gasteiger partial charge in [0.25, 0.3) is 0 Å². The van der Waals surface area contributed by atoms with E-state index in [9.17, 15) is 0 Å². The van der Waals surface area contributed by atoms with Crippen molar-refractivity contribution < 1.29 is 0 Å². The zero-order valence-electron chi connectivity index (χ0n) is 33.7. The minimum atomic E-state index is 0.567. The zero-order valence-corrected chi connectivity index (χ0v) is 34.6. The molecule has 0 saturated carbocycles. The molecule has 5 nitrogen and oxygen atoms in total. The van der Waals surface area contributed by atoms with Gasteiger partial charge in [0.1, 0.15) is 0 Å². The van der Waals surface area contributed by atoms with Crippen LogP contribution in [0.3, 0.4) is 0 Å². The van der Waals surface area contributed by atoms with Gasteiger partial charge in [0.05, 0.1) is 11.0 Å². The highest BCUT2D eigenvalue weighted by Gasteiger charge is 2.22. The Kier molecular flexibility index (Phi) is 9.13. The van der Waals surface area contributed by atoms with Gasteiger partial charge in [-0.15, -0.1) is 11.3 Å².